The minimum absolute atomic E-state index is 0.308. The molecule has 0 aromatic heterocycles. The van der Waals surface area contributed by atoms with Crippen LogP contribution >= 0.6 is 0 Å². The molecule has 2 rings (SSSR count). The minimum atomic E-state index is -0.414. The lowest BCUT2D eigenvalue weighted by Gasteiger charge is -2.32. The SMILES string of the molecule is CCOc1ccc(B2OC(C)(C)C(C)(C)O2)cc1CC#N. The van der Waals surface area contributed by atoms with Crippen molar-refractivity contribution in [2.24, 2.45) is 0 Å². The summed E-state index contributed by atoms with van der Waals surface area (Å²) >= 11 is 0. The molecule has 0 unspecified atom stereocenters. The van der Waals surface area contributed by atoms with Gasteiger partial charge in [0.1, 0.15) is 5.75 Å². The second-order valence-electron chi connectivity index (χ2n) is 6.22. The molecule has 1 fully saturated rings. The smallest absolute Gasteiger partial charge is 0.494 e. The van der Waals surface area contributed by atoms with Crippen LogP contribution in [0.5, 0.6) is 5.75 Å². The molecule has 5 heteroatoms. The summed E-state index contributed by atoms with van der Waals surface area (Å²) in [6, 6.07) is 7.94. The zero-order valence-electron chi connectivity index (χ0n) is 13.4. The average Bonchev–Trinajstić information content (AvgIpc) is 2.61. The van der Waals surface area contributed by atoms with Gasteiger partial charge in [0.2, 0.25) is 0 Å². The lowest BCUT2D eigenvalue weighted by molar-refractivity contribution is 0.00578. The fourth-order valence-corrected chi connectivity index (χ4v) is 2.24. The van der Waals surface area contributed by atoms with Crippen molar-refractivity contribution in [1.82, 2.24) is 0 Å². The molecule has 1 aromatic carbocycles. The van der Waals surface area contributed by atoms with Crippen LogP contribution in [-0.4, -0.2) is 24.9 Å². The largest absolute Gasteiger partial charge is 0.494 e. The summed E-state index contributed by atoms with van der Waals surface area (Å²) in [6.07, 6.45) is 0.308. The summed E-state index contributed by atoms with van der Waals surface area (Å²) in [5, 5.41) is 8.97. The van der Waals surface area contributed by atoms with E-state index in [1.165, 1.54) is 0 Å². The van der Waals surface area contributed by atoms with Gasteiger partial charge in [-0.15, -0.1) is 0 Å². The van der Waals surface area contributed by atoms with Crippen LogP contribution in [0, 0.1) is 11.3 Å². The van der Waals surface area contributed by atoms with Crippen LogP contribution in [0.3, 0.4) is 0 Å². The van der Waals surface area contributed by atoms with Gasteiger partial charge in [0.05, 0.1) is 30.3 Å². The average molecular weight is 287 g/mol. The van der Waals surface area contributed by atoms with E-state index in [-0.39, 0.29) is 11.2 Å². The first kappa shape index (κ1) is 15.9. The Morgan fingerprint density at radius 3 is 2.33 bits per heavy atom. The lowest BCUT2D eigenvalue weighted by Crippen LogP contribution is -2.41. The monoisotopic (exact) mass is 287 g/mol. The quantitative estimate of drug-likeness (QED) is 0.798. The summed E-state index contributed by atoms with van der Waals surface area (Å²) in [4.78, 5) is 0. The zero-order valence-corrected chi connectivity index (χ0v) is 13.4. The van der Waals surface area contributed by atoms with Gasteiger partial charge in [0.15, 0.2) is 0 Å². The highest BCUT2D eigenvalue weighted by Gasteiger charge is 2.51. The van der Waals surface area contributed by atoms with E-state index < -0.39 is 7.12 Å². The van der Waals surface area contributed by atoms with Crippen molar-refractivity contribution in [2.45, 2.75) is 52.2 Å². The number of rotatable bonds is 4. The molecule has 0 bridgehead atoms. The number of nitrogens with zero attached hydrogens (tertiary/aromatic N) is 1. The molecule has 1 aliphatic rings. The standard InChI is InChI=1S/C16H22BNO3/c1-6-19-14-8-7-13(11-12(14)9-10-18)17-20-15(2,3)16(4,5)21-17/h7-8,11H,6,9H2,1-5H3. The maximum Gasteiger partial charge on any atom is 0.494 e. The van der Waals surface area contributed by atoms with Crippen molar-refractivity contribution in [1.29, 1.82) is 5.26 Å². The predicted molar refractivity (Wildman–Crippen MR) is 82.6 cm³/mol. The van der Waals surface area contributed by atoms with E-state index in [1.807, 2.05) is 52.8 Å². The third kappa shape index (κ3) is 3.07. The van der Waals surface area contributed by atoms with Gasteiger partial charge >= 0.3 is 7.12 Å². The van der Waals surface area contributed by atoms with Gasteiger partial charge in [-0.1, -0.05) is 12.1 Å². The topological polar surface area (TPSA) is 51.5 Å². The van der Waals surface area contributed by atoms with Gasteiger partial charge in [-0.25, -0.2) is 0 Å². The molecule has 112 valence electrons. The lowest BCUT2D eigenvalue weighted by atomic mass is 9.78. The molecule has 0 radical (unpaired) electrons. The maximum atomic E-state index is 8.97. The van der Waals surface area contributed by atoms with Crippen molar-refractivity contribution in [3.8, 4) is 11.8 Å². The van der Waals surface area contributed by atoms with Crippen LogP contribution in [0.15, 0.2) is 18.2 Å². The first-order valence-electron chi connectivity index (χ1n) is 7.29. The van der Waals surface area contributed by atoms with Crippen LogP contribution in [-0.2, 0) is 15.7 Å². The van der Waals surface area contributed by atoms with Crippen LogP contribution in [0.4, 0.5) is 0 Å². The van der Waals surface area contributed by atoms with E-state index in [2.05, 4.69) is 6.07 Å². The maximum absolute atomic E-state index is 8.97. The summed E-state index contributed by atoms with van der Waals surface area (Å²) in [5.74, 6) is 0.749. The van der Waals surface area contributed by atoms with E-state index in [4.69, 9.17) is 19.3 Å². The minimum Gasteiger partial charge on any atom is -0.494 e. The normalized spacial score (nSPS) is 19.3. The van der Waals surface area contributed by atoms with Crippen LogP contribution in [0.1, 0.15) is 40.2 Å². The Morgan fingerprint density at radius 2 is 1.81 bits per heavy atom. The highest BCUT2D eigenvalue weighted by atomic mass is 16.7. The fraction of sp³-hybridized carbons (Fsp3) is 0.562. The third-order valence-corrected chi connectivity index (χ3v) is 4.18. The molecule has 0 atom stereocenters. The Bertz CT molecular complexity index is 547. The summed E-state index contributed by atoms with van der Waals surface area (Å²) in [6.45, 7) is 10.6. The number of ether oxygens (including phenoxy) is 1. The van der Waals surface area contributed by atoms with E-state index in [1.54, 1.807) is 0 Å². The zero-order chi connectivity index (χ0) is 15.7. The molecular weight excluding hydrogens is 265 g/mol. The molecule has 0 spiro atoms. The van der Waals surface area contributed by atoms with Crippen LogP contribution in [0.25, 0.3) is 0 Å². The molecule has 0 amide bonds. The molecule has 1 aliphatic heterocycles. The van der Waals surface area contributed by atoms with Gasteiger partial charge in [0, 0.05) is 5.56 Å². The highest BCUT2D eigenvalue weighted by molar-refractivity contribution is 6.62. The predicted octanol–water partition coefficient (Wildman–Crippen LogP) is 2.45. The first-order valence-corrected chi connectivity index (χ1v) is 7.29. The number of hydrogen-bond donors (Lipinski definition) is 0. The van der Waals surface area contributed by atoms with E-state index in [9.17, 15) is 0 Å². The second kappa shape index (κ2) is 5.71. The molecule has 0 aliphatic carbocycles. The van der Waals surface area contributed by atoms with E-state index >= 15 is 0 Å². The van der Waals surface area contributed by atoms with Crippen molar-refractivity contribution in [2.75, 3.05) is 6.61 Å². The molecule has 0 N–H and O–H groups in total. The Kier molecular flexibility index (Phi) is 4.31. The Balaban J connectivity index is 2.30. The third-order valence-electron chi connectivity index (χ3n) is 4.18. The van der Waals surface area contributed by atoms with Gasteiger partial charge in [-0.05, 0) is 46.1 Å². The van der Waals surface area contributed by atoms with Crippen LogP contribution < -0.4 is 10.2 Å². The van der Waals surface area contributed by atoms with Gasteiger partial charge in [-0.2, -0.15) is 5.26 Å². The molecular formula is C16H22BNO3. The van der Waals surface area contributed by atoms with Crippen molar-refractivity contribution in [3.05, 3.63) is 23.8 Å². The van der Waals surface area contributed by atoms with Crippen molar-refractivity contribution in [3.63, 3.8) is 0 Å². The molecule has 1 saturated heterocycles. The first-order chi connectivity index (χ1) is 9.80. The molecule has 0 saturated carbocycles. The summed E-state index contributed by atoms with van der Waals surface area (Å²) < 4.78 is 17.6. The summed E-state index contributed by atoms with van der Waals surface area (Å²) in [5.41, 5.74) is 1.05. The second-order valence-corrected chi connectivity index (χ2v) is 6.22. The van der Waals surface area contributed by atoms with Gasteiger partial charge in [-0.3, -0.25) is 0 Å². The molecule has 4 nitrogen and oxygen atoms in total. The van der Waals surface area contributed by atoms with E-state index in [0.29, 0.717) is 13.0 Å². The van der Waals surface area contributed by atoms with Crippen LogP contribution in [0.2, 0.25) is 0 Å². The van der Waals surface area contributed by atoms with Gasteiger partial charge < -0.3 is 14.0 Å². The van der Waals surface area contributed by atoms with E-state index in [0.717, 1.165) is 16.8 Å². The number of hydrogen-bond acceptors (Lipinski definition) is 4. The molecule has 1 heterocycles. The van der Waals surface area contributed by atoms with Gasteiger partial charge in [0.25, 0.3) is 0 Å². The molecule has 1 aromatic rings. The Morgan fingerprint density at radius 1 is 1.19 bits per heavy atom. The Hall–Kier alpha value is -1.51. The van der Waals surface area contributed by atoms with Crippen molar-refractivity contribution < 1.29 is 14.0 Å². The number of benzene rings is 1. The fourth-order valence-electron chi connectivity index (χ4n) is 2.24. The van der Waals surface area contributed by atoms with Crippen molar-refractivity contribution >= 4 is 12.6 Å². The number of nitriles is 1. The Labute approximate surface area is 127 Å². The summed E-state index contributed by atoms with van der Waals surface area (Å²) in [7, 11) is -0.414. The highest BCUT2D eigenvalue weighted by Crippen LogP contribution is 2.36. The molecule has 21 heavy (non-hydrogen) atoms.